The fraction of sp³-hybridized carbons (Fsp3) is 0.600. The number of rotatable bonds is 4. The molecule has 0 unspecified atom stereocenters. The van der Waals surface area contributed by atoms with Gasteiger partial charge in [0.05, 0.1) is 0 Å². The maximum atomic E-state index is 12.2. The minimum Gasteiger partial charge on any atom is -0.324 e. The molecule has 5 nitrogen and oxygen atoms in total. The molecule has 1 aromatic rings. The summed E-state index contributed by atoms with van der Waals surface area (Å²) in [5.41, 5.74) is 5.86. The normalized spacial score (nSPS) is 17.7. The summed E-state index contributed by atoms with van der Waals surface area (Å²) < 4.78 is 0.901. The highest BCUT2D eigenvalue weighted by Gasteiger charge is 2.27. The summed E-state index contributed by atoms with van der Waals surface area (Å²) in [6.07, 6.45) is 3.43. The fourth-order valence-electron chi connectivity index (χ4n) is 2.61. The van der Waals surface area contributed by atoms with Gasteiger partial charge in [-0.25, -0.2) is 4.98 Å². The monoisotopic (exact) mass is 354 g/mol. The zero-order valence-corrected chi connectivity index (χ0v) is 14.2. The van der Waals surface area contributed by atoms with Gasteiger partial charge in [-0.3, -0.25) is 4.79 Å². The summed E-state index contributed by atoms with van der Waals surface area (Å²) in [7, 11) is 0. The number of piperidine rings is 1. The number of hydrogen-bond donors (Lipinski definition) is 2. The second kappa shape index (κ2) is 6.85. The molecule has 0 aliphatic carbocycles. The van der Waals surface area contributed by atoms with Crippen molar-refractivity contribution in [1.29, 1.82) is 0 Å². The molecular weight excluding hydrogens is 332 g/mol. The number of carbonyl (C=O) groups is 1. The molecule has 0 atom stereocenters. The molecular formula is C15H23BrN4O. The van der Waals surface area contributed by atoms with E-state index in [2.05, 4.69) is 31.1 Å². The standard InChI is InChI=1S/C15H23BrN4O/c1-15(2,17)10-20-7-5-11(6-8-20)14(21)19-13-4-3-12(16)9-18-13/h3-4,9,11H,5-8,10,17H2,1-2H3,(H,18,19,21). The smallest absolute Gasteiger partial charge is 0.228 e. The summed E-state index contributed by atoms with van der Waals surface area (Å²) in [6, 6.07) is 3.67. The molecule has 21 heavy (non-hydrogen) atoms. The van der Waals surface area contributed by atoms with Crippen LogP contribution in [0.5, 0.6) is 0 Å². The average Bonchev–Trinajstić information content (AvgIpc) is 2.40. The molecule has 6 heteroatoms. The largest absolute Gasteiger partial charge is 0.324 e. The first kappa shape index (κ1) is 16.4. The van der Waals surface area contributed by atoms with E-state index in [4.69, 9.17) is 5.73 Å². The van der Waals surface area contributed by atoms with E-state index in [1.54, 1.807) is 12.3 Å². The van der Waals surface area contributed by atoms with Gasteiger partial charge in [0.25, 0.3) is 0 Å². The van der Waals surface area contributed by atoms with Crippen LogP contribution in [0.3, 0.4) is 0 Å². The van der Waals surface area contributed by atoms with Crippen LogP contribution in [-0.4, -0.2) is 41.0 Å². The average molecular weight is 355 g/mol. The third-order valence-corrected chi connectivity index (χ3v) is 4.04. The lowest BCUT2D eigenvalue weighted by molar-refractivity contribution is -0.121. The quantitative estimate of drug-likeness (QED) is 0.869. The molecule has 1 amide bonds. The van der Waals surface area contributed by atoms with Crippen LogP contribution in [0.1, 0.15) is 26.7 Å². The molecule has 0 radical (unpaired) electrons. The molecule has 1 fully saturated rings. The number of nitrogens with one attached hydrogen (secondary N) is 1. The number of carbonyl (C=O) groups excluding carboxylic acids is 1. The van der Waals surface area contributed by atoms with Crippen LogP contribution in [-0.2, 0) is 4.79 Å². The molecule has 116 valence electrons. The van der Waals surface area contributed by atoms with Crippen LogP contribution < -0.4 is 11.1 Å². The molecule has 3 N–H and O–H groups in total. The summed E-state index contributed by atoms with van der Waals surface area (Å²) in [6.45, 7) is 6.78. The van der Waals surface area contributed by atoms with Crippen LogP contribution in [0.4, 0.5) is 5.82 Å². The number of pyridine rings is 1. The van der Waals surface area contributed by atoms with E-state index in [0.29, 0.717) is 5.82 Å². The number of anilines is 1. The zero-order chi connectivity index (χ0) is 15.5. The van der Waals surface area contributed by atoms with Crippen LogP contribution in [0.2, 0.25) is 0 Å². The Kier molecular flexibility index (Phi) is 5.35. The van der Waals surface area contributed by atoms with Gasteiger partial charge in [0, 0.05) is 28.7 Å². The predicted octanol–water partition coefficient (Wildman–Crippen LogP) is 2.23. The topological polar surface area (TPSA) is 71.2 Å². The Morgan fingerprint density at radius 1 is 1.48 bits per heavy atom. The van der Waals surface area contributed by atoms with Crippen molar-refractivity contribution in [1.82, 2.24) is 9.88 Å². The van der Waals surface area contributed by atoms with Gasteiger partial charge in [-0.2, -0.15) is 0 Å². The van der Waals surface area contributed by atoms with E-state index in [9.17, 15) is 4.79 Å². The van der Waals surface area contributed by atoms with E-state index in [-0.39, 0.29) is 17.4 Å². The van der Waals surface area contributed by atoms with Gasteiger partial charge in [-0.15, -0.1) is 0 Å². The van der Waals surface area contributed by atoms with Gasteiger partial charge >= 0.3 is 0 Å². The van der Waals surface area contributed by atoms with Gasteiger partial charge in [-0.1, -0.05) is 0 Å². The molecule has 1 aliphatic rings. The van der Waals surface area contributed by atoms with Crippen molar-refractivity contribution < 1.29 is 4.79 Å². The lowest BCUT2D eigenvalue weighted by Crippen LogP contribution is -2.48. The highest BCUT2D eigenvalue weighted by molar-refractivity contribution is 9.10. The number of nitrogens with two attached hydrogens (primary N) is 1. The van der Waals surface area contributed by atoms with Gasteiger partial charge in [-0.05, 0) is 67.8 Å². The van der Waals surface area contributed by atoms with E-state index < -0.39 is 0 Å². The first-order valence-electron chi connectivity index (χ1n) is 7.27. The first-order chi connectivity index (χ1) is 9.83. The van der Waals surface area contributed by atoms with Crippen molar-refractivity contribution >= 4 is 27.7 Å². The highest BCUT2D eigenvalue weighted by atomic mass is 79.9. The van der Waals surface area contributed by atoms with Gasteiger partial charge in [0.1, 0.15) is 5.82 Å². The summed E-state index contributed by atoms with van der Waals surface area (Å²) in [4.78, 5) is 18.7. The number of halogens is 1. The Hall–Kier alpha value is -0.980. The lowest BCUT2D eigenvalue weighted by atomic mass is 9.94. The Morgan fingerprint density at radius 2 is 2.14 bits per heavy atom. The van der Waals surface area contributed by atoms with Crippen molar-refractivity contribution in [3.05, 3.63) is 22.8 Å². The molecule has 1 aromatic heterocycles. The third-order valence-electron chi connectivity index (χ3n) is 3.57. The van der Waals surface area contributed by atoms with Crippen LogP contribution in [0.25, 0.3) is 0 Å². The van der Waals surface area contributed by atoms with Gasteiger partial charge in [0.15, 0.2) is 0 Å². The van der Waals surface area contributed by atoms with E-state index in [0.717, 1.165) is 36.9 Å². The summed E-state index contributed by atoms with van der Waals surface area (Å²) in [5, 5.41) is 2.89. The Balaban J connectivity index is 1.81. The number of aromatic nitrogens is 1. The van der Waals surface area contributed by atoms with Crippen LogP contribution in [0.15, 0.2) is 22.8 Å². The maximum Gasteiger partial charge on any atom is 0.228 e. The Labute approximate surface area is 134 Å². The van der Waals surface area contributed by atoms with E-state index >= 15 is 0 Å². The van der Waals surface area contributed by atoms with Crippen molar-refractivity contribution in [2.24, 2.45) is 11.7 Å². The number of likely N-dealkylation sites (tertiary alicyclic amines) is 1. The van der Waals surface area contributed by atoms with Crippen molar-refractivity contribution in [3.63, 3.8) is 0 Å². The molecule has 2 heterocycles. The Bertz CT molecular complexity index is 475. The first-order valence-corrected chi connectivity index (χ1v) is 8.06. The van der Waals surface area contributed by atoms with Crippen molar-refractivity contribution in [2.45, 2.75) is 32.2 Å². The van der Waals surface area contributed by atoms with Crippen LogP contribution >= 0.6 is 15.9 Å². The zero-order valence-electron chi connectivity index (χ0n) is 12.6. The summed E-state index contributed by atoms with van der Waals surface area (Å²) in [5.74, 6) is 0.734. The molecule has 0 aromatic carbocycles. The lowest BCUT2D eigenvalue weighted by Gasteiger charge is -2.35. The third kappa shape index (κ3) is 5.37. The SMILES string of the molecule is CC(C)(N)CN1CCC(C(=O)Nc2ccc(Br)cn2)CC1. The molecule has 0 bridgehead atoms. The molecule has 0 saturated carbocycles. The second-order valence-corrected chi connectivity index (χ2v) is 7.31. The van der Waals surface area contributed by atoms with Crippen molar-refractivity contribution in [3.8, 4) is 0 Å². The van der Waals surface area contributed by atoms with Crippen molar-refractivity contribution in [2.75, 3.05) is 25.0 Å². The van der Waals surface area contributed by atoms with Gasteiger partial charge in [0.2, 0.25) is 5.91 Å². The van der Waals surface area contributed by atoms with E-state index in [1.165, 1.54) is 0 Å². The summed E-state index contributed by atoms with van der Waals surface area (Å²) >= 11 is 3.33. The van der Waals surface area contributed by atoms with E-state index in [1.807, 2.05) is 19.9 Å². The Morgan fingerprint density at radius 3 is 2.67 bits per heavy atom. The van der Waals surface area contributed by atoms with Crippen LogP contribution in [0, 0.1) is 5.92 Å². The molecule has 1 aliphatic heterocycles. The molecule has 2 rings (SSSR count). The second-order valence-electron chi connectivity index (χ2n) is 6.39. The number of amides is 1. The number of hydrogen-bond acceptors (Lipinski definition) is 4. The fourth-order valence-corrected chi connectivity index (χ4v) is 2.84. The number of nitrogens with zero attached hydrogens (tertiary/aromatic N) is 2. The minimum atomic E-state index is -0.184. The molecule has 0 spiro atoms. The van der Waals surface area contributed by atoms with Gasteiger partial charge < -0.3 is 16.0 Å². The maximum absolute atomic E-state index is 12.2. The molecule has 1 saturated heterocycles. The highest BCUT2D eigenvalue weighted by Crippen LogP contribution is 2.20. The minimum absolute atomic E-state index is 0.0626. The predicted molar refractivity (Wildman–Crippen MR) is 88.0 cm³/mol.